The third kappa shape index (κ3) is 2.30. The second-order valence-corrected chi connectivity index (χ2v) is 9.03. The standard InChI is InChI=1S/C17H16O2STe/c1-2-3-5-11-12-7-8-13-15(19-10-18-13)17(12)21-16(11)14-6-4-9-20-14/h4,6-9H,2-3,5,10H2,1H3. The Kier molecular flexibility index (Phi) is 3.71. The Hall–Kier alpha value is -0.950. The summed E-state index contributed by atoms with van der Waals surface area (Å²) in [6.07, 6.45) is 3.67. The molecule has 2 nitrogen and oxygen atoms in total. The molecule has 0 bridgehead atoms. The quantitative estimate of drug-likeness (QED) is 0.579. The molecule has 0 saturated heterocycles. The summed E-state index contributed by atoms with van der Waals surface area (Å²) in [5.74, 6) is 1.96. The molecular formula is C17H16O2STe. The maximum absolute atomic E-state index is 5.75. The summed E-state index contributed by atoms with van der Waals surface area (Å²) in [4.78, 5) is 1.45. The molecule has 1 aromatic carbocycles. The van der Waals surface area contributed by atoms with Crippen molar-refractivity contribution < 1.29 is 9.47 Å². The summed E-state index contributed by atoms with van der Waals surface area (Å²) >= 11 is 1.48. The van der Waals surface area contributed by atoms with E-state index < -0.39 is 0 Å². The molecule has 0 amide bonds. The molecule has 0 saturated carbocycles. The molecule has 0 unspecified atom stereocenters. The number of ether oxygens (including phenoxy) is 2. The van der Waals surface area contributed by atoms with E-state index in [0.717, 1.165) is 11.5 Å². The fourth-order valence-corrected chi connectivity index (χ4v) is 7.76. The Bertz CT molecular complexity index is 774. The monoisotopic (exact) mass is 414 g/mol. The molecule has 0 spiro atoms. The van der Waals surface area contributed by atoms with Gasteiger partial charge in [-0.25, -0.2) is 0 Å². The number of unbranched alkanes of at least 4 members (excludes halogenated alkanes) is 1. The number of hydrogen-bond donors (Lipinski definition) is 0. The van der Waals surface area contributed by atoms with Crippen molar-refractivity contribution in [3.05, 3.63) is 35.2 Å². The van der Waals surface area contributed by atoms with Gasteiger partial charge in [-0.15, -0.1) is 0 Å². The zero-order valence-corrected chi connectivity index (χ0v) is 15.0. The van der Waals surface area contributed by atoms with E-state index in [1.165, 1.54) is 32.9 Å². The van der Waals surface area contributed by atoms with Crippen LogP contribution in [-0.2, 0) is 6.42 Å². The number of fused-ring (bicyclic) bond motifs is 3. The van der Waals surface area contributed by atoms with Gasteiger partial charge in [0.2, 0.25) is 0 Å². The molecule has 0 atom stereocenters. The molecule has 0 N–H and O–H groups in total. The van der Waals surface area contributed by atoms with Crippen LogP contribution in [-0.4, -0.2) is 27.2 Å². The zero-order valence-electron chi connectivity index (χ0n) is 11.8. The van der Waals surface area contributed by atoms with Crippen LogP contribution in [0, 0.1) is 0 Å². The van der Waals surface area contributed by atoms with Crippen molar-refractivity contribution in [2.75, 3.05) is 6.79 Å². The van der Waals surface area contributed by atoms with Gasteiger partial charge in [-0.1, -0.05) is 0 Å². The van der Waals surface area contributed by atoms with Crippen molar-refractivity contribution in [2.24, 2.45) is 0 Å². The van der Waals surface area contributed by atoms with E-state index in [4.69, 9.17) is 9.47 Å². The van der Waals surface area contributed by atoms with Gasteiger partial charge in [-0.2, -0.15) is 0 Å². The maximum atomic E-state index is 5.75. The van der Waals surface area contributed by atoms with Gasteiger partial charge in [-0.05, 0) is 0 Å². The first-order valence-electron chi connectivity index (χ1n) is 7.26. The Labute approximate surface area is 137 Å². The SMILES string of the molecule is CCCCc1c(-c2cccs2)[te]c2c3c(ccc12)OCO3. The van der Waals surface area contributed by atoms with Crippen molar-refractivity contribution in [1.82, 2.24) is 0 Å². The van der Waals surface area contributed by atoms with Crippen LogP contribution in [0.15, 0.2) is 29.6 Å². The molecular weight excluding hydrogens is 396 g/mol. The second kappa shape index (κ2) is 5.68. The first kappa shape index (κ1) is 13.7. The minimum absolute atomic E-state index is 0.372. The fraction of sp³-hybridized carbons (Fsp3) is 0.294. The molecule has 108 valence electrons. The van der Waals surface area contributed by atoms with Crippen LogP contribution < -0.4 is 9.47 Å². The minimum atomic E-state index is -0.382. The summed E-state index contributed by atoms with van der Waals surface area (Å²) in [7, 11) is 0. The molecule has 0 aliphatic carbocycles. The summed E-state index contributed by atoms with van der Waals surface area (Å²) < 4.78 is 14.4. The van der Waals surface area contributed by atoms with Crippen molar-refractivity contribution in [3.63, 3.8) is 0 Å². The summed E-state index contributed by atoms with van der Waals surface area (Å²) in [6.45, 7) is 2.63. The molecule has 4 rings (SSSR count). The molecule has 0 radical (unpaired) electrons. The zero-order chi connectivity index (χ0) is 14.2. The molecule has 1 aliphatic heterocycles. The normalized spacial score (nSPS) is 13.2. The van der Waals surface area contributed by atoms with E-state index in [1.54, 1.807) is 9.14 Å². The molecule has 0 fully saturated rings. The number of rotatable bonds is 4. The van der Waals surface area contributed by atoms with Crippen LogP contribution in [0.1, 0.15) is 25.3 Å². The van der Waals surface area contributed by atoms with E-state index in [9.17, 15) is 0 Å². The van der Waals surface area contributed by atoms with Crippen LogP contribution in [0.25, 0.3) is 17.2 Å². The topological polar surface area (TPSA) is 18.5 Å². The van der Waals surface area contributed by atoms with Crippen molar-refractivity contribution in [1.29, 1.82) is 0 Å². The number of thiophene rings is 1. The summed E-state index contributed by atoms with van der Waals surface area (Å²) in [6, 6.07) is 8.75. The van der Waals surface area contributed by atoms with Crippen molar-refractivity contribution in [2.45, 2.75) is 26.2 Å². The van der Waals surface area contributed by atoms with Crippen LogP contribution in [0.2, 0.25) is 0 Å². The predicted molar refractivity (Wildman–Crippen MR) is 88.9 cm³/mol. The number of benzene rings is 1. The summed E-state index contributed by atoms with van der Waals surface area (Å²) in [5.41, 5.74) is 1.56. The van der Waals surface area contributed by atoms with Crippen molar-refractivity contribution in [3.8, 4) is 20.0 Å². The Morgan fingerprint density at radius 2 is 2.19 bits per heavy atom. The Morgan fingerprint density at radius 1 is 1.24 bits per heavy atom. The average molecular weight is 412 g/mol. The van der Waals surface area contributed by atoms with Crippen LogP contribution in [0.4, 0.5) is 0 Å². The molecule has 4 heteroatoms. The van der Waals surface area contributed by atoms with Crippen LogP contribution in [0.3, 0.4) is 0 Å². The fourth-order valence-electron chi connectivity index (χ4n) is 2.78. The molecule has 3 heterocycles. The van der Waals surface area contributed by atoms with E-state index in [1.807, 2.05) is 11.3 Å². The number of aryl methyl sites for hydroxylation is 1. The first-order chi connectivity index (χ1) is 10.4. The average Bonchev–Trinajstić information content (AvgIpc) is 3.22. The van der Waals surface area contributed by atoms with Gasteiger partial charge < -0.3 is 0 Å². The number of hydrogen-bond acceptors (Lipinski definition) is 3. The van der Waals surface area contributed by atoms with Gasteiger partial charge >= 0.3 is 138 Å². The van der Waals surface area contributed by atoms with E-state index >= 15 is 0 Å². The molecule has 2 aromatic heterocycles. The van der Waals surface area contributed by atoms with E-state index in [2.05, 4.69) is 36.6 Å². The second-order valence-electron chi connectivity index (χ2n) is 5.17. The van der Waals surface area contributed by atoms with Gasteiger partial charge in [0, 0.05) is 0 Å². The van der Waals surface area contributed by atoms with Gasteiger partial charge in [-0.3, -0.25) is 0 Å². The van der Waals surface area contributed by atoms with Crippen LogP contribution >= 0.6 is 11.3 Å². The van der Waals surface area contributed by atoms with Crippen molar-refractivity contribution >= 4 is 40.6 Å². The van der Waals surface area contributed by atoms with Gasteiger partial charge in [0.25, 0.3) is 0 Å². The van der Waals surface area contributed by atoms with E-state index in [-0.39, 0.29) is 20.4 Å². The van der Waals surface area contributed by atoms with Gasteiger partial charge in [0.15, 0.2) is 0 Å². The summed E-state index contributed by atoms with van der Waals surface area (Å²) in [5, 5.41) is 3.61. The molecule has 1 aliphatic rings. The Balaban J connectivity index is 1.95. The van der Waals surface area contributed by atoms with E-state index in [0.29, 0.717) is 6.79 Å². The molecule has 21 heavy (non-hydrogen) atoms. The van der Waals surface area contributed by atoms with Crippen LogP contribution in [0.5, 0.6) is 11.5 Å². The van der Waals surface area contributed by atoms with Gasteiger partial charge in [0.05, 0.1) is 0 Å². The first-order valence-corrected chi connectivity index (χ1v) is 10.5. The Morgan fingerprint density at radius 3 is 3.00 bits per heavy atom. The van der Waals surface area contributed by atoms with Gasteiger partial charge in [0.1, 0.15) is 0 Å². The molecule has 3 aromatic rings. The third-order valence-corrected chi connectivity index (χ3v) is 8.77. The predicted octanol–water partition coefficient (Wildman–Crippen LogP) is 4.70. The third-order valence-electron chi connectivity index (χ3n) is 3.82.